The van der Waals surface area contributed by atoms with Crippen LogP contribution in [-0.4, -0.2) is 32.7 Å². The van der Waals surface area contributed by atoms with Gasteiger partial charge in [-0.2, -0.15) is 0 Å². The highest BCUT2D eigenvalue weighted by Crippen LogP contribution is 2.30. The van der Waals surface area contributed by atoms with Crippen LogP contribution in [0.1, 0.15) is 36.9 Å². The van der Waals surface area contributed by atoms with E-state index in [2.05, 4.69) is 30.4 Å². The van der Waals surface area contributed by atoms with Crippen molar-refractivity contribution >= 4 is 0 Å². The summed E-state index contributed by atoms with van der Waals surface area (Å²) < 4.78 is 16.8. The van der Waals surface area contributed by atoms with E-state index in [4.69, 9.17) is 14.2 Å². The van der Waals surface area contributed by atoms with Crippen LogP contribution < -0.4 is 10.1 Å². The molecule has 4 nitrogen and oxygen atoms in total. The van der Waals surface area contributed by atoms with Gasteiger partial charge >= 0.3 is 0 Å². The summed E-state index contributed by atoms with van der Waals surface area (Å²) in [5.41, 5.74) is 2.63. The minimum Gasteiger partial charge on any atom is -0.493 e. The van der Waals surface area contributed by atoms with Gasteiger partial charge in [-0.3, -0.25) is 0 Å². The molecule has 1 N–H and O–H groups in total. The zero-order valence-electron chi connectivity index (χ0n) is 12.1. The van der Waals surface area contributed by atoms with Crippen LogP contribution >= 0.6 is 0 Å². The highest BCUT2D eigenvalue weighted by molar-refractivity contribution is 5.40. The van der Waals surface area contributed by atoms with Crippen LogP contribution in [0.4, 0.5) is 0 Å². The third-order valence-electron chi connectivity index (χ3n) is 3.88. The lowest BCUT2D eigenvalue weighted by Gasteiger charge is -2.22. The summed E-state index contributed by atoms with van der Waals surface area (Å²) in [5.74, 6) is 1.04. The average Bonchev–Trinajstić information content (AvgIpc) is 3.13. The third kappa shape index (κ3) is 3.14. The first-order chi connectivity index (χ1) is 9.86. The monoisotopic (exact) mass is 277 g/mol. The van der Waals surface area contributed by atoms with Gasteiger partial charge < -0.3 is 19.5 Å². The first-order valence-corrected chi connectivity index (χ1v) is 7.59. The van der Waals surface area contributed by atoms with E-state index >= 15 is 0 Å². The van der Waals surface area contributed by atoms with Crippen LogP contribution in [0.2, 0.25) is 0 Å². The van der Waals surface area contributed by atoms with E-state index in [1.807, 2.05) is 0 Å². The molecule has 0 spiro atoms. The molecule has 1 atom stereocenters. The summed E-state index contributed by atoms with van der Waals surface area (Å²) >= 11 is 0. The number of hydrogen-bond acceptors (Lipinski definition) is 4. The van der Waals surface area contributed by atoms with E-state index in [-0.39, 0.29) is 12.3 Å². The predicted octanol–water partition coefficient (Wildman–Crippen LogP) is 2.43. The maximum atomic E-state index is 5.59. The Kier molecular flexibility index (Phi) is 4.55. The summed E-state index contributed by atoms with van der Waals surface area (Å²) in [4.78, 5) is 0. The van der Waals surface area contributed by atoms with Crippen molar-refractivity contribution in [2.24, 2.45) is 0 Å². The molecule has 1 aromatic carbocycles. The number of rotatable bonds is 6. The van der Waals surface area contributed by atoms with Crippen molar-refractivity contribution in [1.29, 1.82) is 0 Å². The molecule has 0 amide bonds. The molecule has 0 aromatic heterocycles. The van der Waals surface area contributed by atoms with Gasteiger partial charge in [-0.15, -0.1) is 0 Å². The van der Waals surface area contributed by atoms with Crippen LogP contribution in [0.25, 0.3) is 0 Å². The van der Waals surface area contributed by atoms with Crippen molar-refractivity contribution in [3.05, 3.63) is 29.3 Å². The lowest BCUT2D eigenvalue weighted by atomic mass is 9.99. The highest BCUT2D eigenvalue weighted by Gasteiger charge is 2.23. The van der Waals surface area contributed by atoms with Crippen LogP contribution in [0, 0.1) is 0 Å². The molecule has 20 heavy (non-hydrogen) atoms. The second-order valence-corrected chi connectivity index (χ2v) is 5.38. The first kappa shape index (κ1) is 13.9. The molecule has 2 aliphatic heterocycles. The molecular formula is C16H23NO3. The largest absolute Gasteiger partial charge is 0.493 e. The summed E-state index contributed by atoms with van der Waals surface area (Å²) in [6.07, 6.45) is 2.92. The fourth-order valence-corrected chi connectivity index (χ4v) is 2.81. The van der Waals surface area contributed by atoms with Gasteiger partial charge in [-0.1, -0.05) is 19.1 Å². The van der Waals surface area contributed by atoms with E-state index in [9.17, 15) is 0 Å². The quantitative estimate of drug-likeness (QED) is 0.867. The third-order valence-corrected chi connectivity index (χ3v) is 3.88. The number of hydrogen-bond donors (Lipinski definition) is 1. The van der Waals surface area contributed by atoms with Crippen molar-refractivity contribution in [1.82, 2.24) is 5.32 Å². The lowest BCUT2D eigenvalue weighted by Crippen LogP contribution is -2.26. The maximum Gasteiger partial charge on any atom is 0.159 e. The molecule has 0 aliphatic carbocycles. The summed E-state index contributed by atoms with van der Waals surface area (Å²) in [5, 5.41) is 3.60. The van der Waals surface area contributed by atoms with Gasteiger partial charge in [-0.25, -0.2) is 0 Å². The first-order valence-electron chi connectivity index (χ1n) is 7.59. The van der Waals surface area contributed by atoms with Crippen LogP contribution in [0.5, 0.6) is 5.75 Å². The molecule has 2 aliphatic rings. The molecule has 0 radical (unpaired) electrons. The molecular weight excluding hydrogens is 254 g/mol. The van der Waals surface area contributed by atoms with E-state index in [0.29, 0.717) is 13.2 Å². The van der Waals surface area contributed by atoms with Gasteiger partial charge in [-0.05, 0) is 30.2 Å². The Morgan fingerprint density at radius 1 is 1.25 bits per heavy atom. The fourth-order valence-electron chi connectivity index (χ4n) is 2.81. The Balaban J connectivity index is 1.73. The molecule has 0 bridgehead atoms. The highest BCUT2D eigenvalue weighted by atomic mass is 16.7. The van der Waals surface area contributed by atoms with Crippen LogP contribution in [0.3, 0.4) is 0 Å². The zero-order valence-corrected chi connectivity index (χ0v) is 12.1. The molecule has 1 aromatic rings. The van der Waals surface area contributed by atoms with Gasteiger partial charge in [0.25, 0.3) is 0 Å². The molecule has 0 saturated carbocycles. The van der Waals surface area contributed by atoms with E-state index < -0.39 is 0 Å². The van der Waals surface area contributed by atoms with E-state index in [0.717, 1.165) is 38.2 Å². The Bertz CT molecular complexity index is 443. The second-order valence-electron chi connectivity index (χ2n) is 5.38. The van der Waals surface area contributed by atoms with Gasteiger partial charge in [0.2, 0.25) is 0 Å². The van der Waals surface area contributed by atoms with Gasteiger partial charge in [0.05, 0.1) is 19.8 Å². The summed E-state index contributed by atoms with van der Waals surface area (Å²) in [6.45, 7) is 5.42. The van der Waals surface area contributed by atoms with Crippen molar-refractivity contribution in [3.8, 4) is 5.75 Å². The number of fused-ring (bicyclic) bond motifs is 1. The fraction of sp³-hybridized carbons (Fsp3) is 0.625. The minimum atomic E-state index is -0.0751. The maximum absolute atomic E-state index is 5.59. The van der Waals surface area contributed by atoms with Crippen molar-refractivity contribution in [3.63, 3.8) is 0 Å². The molecule has 2 heterocycles. The Labute approximate surface area is 120 Å². The van der Waals surface area contributed by atoms with Crippen molar-refractivity contribution in [2.75, 3.05) is 26.4 Å². The zero-order chi connectivity index (χ0) is 13.8. The van der Waals surface area contributed by atoms with E-state index in [1.54, 1.807) is 0 Å². The smallest absolute Gasteiger partial charge is 0.159 e. The average molecular weight is 277 g/mol. The second kappa shape index (κ2) is 6.57. The van der Waals surface area contributed by atoms with Crippen molar-refractivity contribution in [2.45, 2.75) is 38.5 Å². The molecule has 110 valence electrons. The van der Waals surface area contributed by atoms with E-state index in [1.165, 1.54) is 11.1 Å². The SMILES string of the molecule is CCCNC(CC1OCCO1)c1ccc2c(c1)CCO2. The Morgan fingerprint density at radius 3 is 2.90 bits per heavy atom. The normalized spacial score (nSPS) is 19.9. The lowest BCUT2D eigenvalue weighted by molar-refractivity contribution is -0.0530. The number of benzene rings is 1. The molecule has 1 fully saturated rings. The molecule has 4 heteroatoms. The standard InChI is InChI=1S/C16H23NO3/c1-2-6-17-14(11-16-19-8-9-20-16)12-3-4-15-13(10-12)5-7-18-15/h3-4,10,14,16-17H,2,5-9,11H2,1H3. The van der Waals surface area contributed by atoms with Gasteiger partial charge in [0.1, 0.15) is 5.75 Å². The Hall–Kier alpha value is -1.10. The predicted molar refractivity (Wildman–Crippen MR) is 77.0 cm³/mol. The minimum absolute atomic E-state index is 0.0751. The Morgan fingerprint density at radius 2 is 2.10 bits per heavy atom. The molecule has 1 saturated heterocycles. The van der Waals surface area contributed by atoms with Gasteiger partial charge in [0.15, 0.2) is 6.29 Å². The number of ether oxygens (including phenoxy) is 3. The van der Waals surface area contributed by atoms with Crippen LogP contribution in [0.15, 0.2) is 18.2 Å². The topological polar surface area (TPSA) is 39.7 Å². The summed E-state index contributed by atoms with van der Waals surface area (Å²) in [6, 6.07) is 6.80. The van der Waals surface area contributed by atoms with Crippen LogP contribution in [-0.2, 0) is 15.9 Å². The molecule has 3 rings (SSSR count). The number of nitrogens with one attached hydrogen (secondary N) is 1. The summed E-state index contributed by atoms with van der Waals surface area (Å²) in [7, 11) is 0. The van der Waals surface area contributed by atoms with Gasteiger partial charge in [0, 0.05) is 18.9 Å². The molecule has 1 unspecified atom stereocenters. The van der Waals surface area contributed by atoms with Crippen molar-refractivity contribution < 1.29 is 14.2 Å².